The molecule has 1 heterocycles. The van der Waals surface area contributed by atoms with Gasteiger partial charge in [-0.2, -0.15) is 0 Å². The fourth-order valence-electron chi connectivity index (χ4n) is 1.28. The summed E-state index contributed by atoms with van der Waals surface area (Å²) in [6.07, 6.45) is 3.27. The summed E-state index contributed by atoms with van der Waals surface area (Å²) >= 11 is 0. The number of nitrogens with one attached hydrogen (secondary N) is 1. The Kier molecular flexibility index (Phi) is 2.63. The van der Waals surface area contributed by atoms with Crippen molar-refractivity contribution in [2.45, 2.75) is 38.6 Å². The van der Waals surface area contributed by atoms with E-state index >= 15 is 0 Å². The Labute approximate surface area is 66.2 Å². The number of rotatable bonds is 1. The lowest BCUT2D eigenvalue weighted by Gasteiger charge is -2.10. The first-order valence-corrected chi connectivity index (χ1v) is 4.00. The van der Waals surface area contributed by atoms with Crippen molar-refractivity contribution in [1.29, 1.82) is 0 Å². The Bertz CT molecular complexity index is 177. The van der Waals surface area contributed by atoms with Gasteiger partial charge in [0.1, 0.15) is 0 Å². The molecule has 1 fully saturated rings. The SMILES string of the molecule is CC(=O)[C@H]1CCCCC(=O)N1. The van der Waals surface area contributed by atoms with Crippen molar-refractivity contribution in [3.8, 4) is 0 Å². The molecule has 0 unspecified atom stereocenters. The third kappa shape index (κ3) is 2.33. The second-order valence-electron chi connectivity index (χ2n) is 2.98. The van der Waals surface area contributed by atoms with Crippen molar-refractivity contribution in [2.24, 2.45) is 0 Å². The van der Waals surface area contributed by atoms with Crippen molar-refractivity contribution in [1.82, 2.24) is 5.32 Å². The summed E-state index contributed by atoms with van der Waals surface area (Å²) in [6, 6.07) is -0.218. The molecule has 0 aromatic carbocycles. The van der Waals surface area contributed by atoms with Gasteiger partial charge in [0.15, 0.2) is 5.78 Å². The fourth-order valence-corrected chi connectivity index (χ4v) is 1.28. The standard InChI is InChI=1S/C8H13NO2/c1-6(10)7-4-2-3-5-8(11)9-7/h7H,2-5H2,1H3,(H,9,11)/t7-/m1/s1. The molecule has 11 heavy (non-hydrogen) atoms. The molecule has 1 rings (SSSR count). The predicted octanol–water partition coefficient (Wildman–Crippen LogP) is 0.634. The van der Waals surface area contributed by atoms with Crippen LogP contribution in [-0.4, -0.2) is 17.7 Å². The zero-order valence-electron chi connectivity index (χ0n) is 6.72. The van der Waals surface area contributed by atoms with E-state index < -0.39 is 0 Å². The molecule has 1 aliphatic rings. The van der Waals surface area contributed by atoms with E-state index in [1.807, 2.05) is 0 Å². The number of carbonyl (C=O) groups is 2. The molecule has 1 atom stereocenters. The van der Waals surface area contributed by atoms with Gasteiger partial charge in [0.25, 0.3) is 0 Å². The molecule has 0 saturated carbocycles. The van der Waals surface area contributed by atoms with E-state index in [2.05, 4.69) is 5.32 Å². The van der Waals surface area contributed by atoms with Crippen molar-refractivity contribution in [2.75, 3.05) is 0 Å². The number of Topliss-reactive ketones (excluding diaryl/α,β-unsaturated/α-hetero) is 1. The van der Waals surface area contributed by atoms with Crippen molar-refractivity contribution < 1.29 is 9.59 Å². The molecule has 1 aliphatic heterocycles. The van der Waals surface area contributed by atoms with Crippen molar-refractivity contribution >= 4 is 11.7 Å². The maximum absolute atomic E-state index is 10.9. The van der Waals surface area contributed by atoms with Gasteiger partial charge in [0, 0.05) is 6.42 Å². The first kappa shape index (κ1) is 8.24. The van der Waals surface area contributed by atoms with Gasteiger partial charge in [0.05, 0.1) is 6.04 Å². The normalized spacial score (nSPS) is 25.5. The summed E-state index contributed by atoms with van der Waals surface area (Å²) in [5.74, 6) is 0.0861. The Hall–Kier alpha value is -0.860. The summed E-state index contributed by atoms with van der Waals surface area (Å²) in [6.45, 7) is 1.52. The Balaban J connectivity index is 2.52. The highest BCUT2D eigenvalue weighted by molar-refractivity contribution is 5.87. The van der Waals surface area contributed by atoms with Gasteiger partial charge in [-0.15, -0.1) is 0 Å². The minimum absolute atomic E-state index is 0.0164. The zero-order valence-corrected chi connectivity index (χ0v) is 6.72. The number of amides is 1. The van der Waals surface area contributed by atoms with E-state index in [1.54, 1.807) is 0 Å². The van der Waals surface area contributed by atoms with Gasteiger partial charge in [-0.05, 0) is 19.8 Å². The molecule has 62 valence electrons. The summed E-state index contributed by atoms with van der Waals surface area (Å²) in [4.78, 5) is 21.8. The lowest BCUT2D eigenvalue weighted by Crippen LogP contribution is -2.37. The van der Waals surface area contributed by atoms with E-state index in [4.69, 9.17) is 0 Å². The molecule has 0 bridgehead atoms. The number of carbonyl (C=O) groups excluding carboxylic acids is 2. The average Bonchev–Trinajstić information content (AvgIpc) is 2.13. The molecule has 1 amide bonds. The van der Waals surface area contributed by atoms with Crippen LogP contribution in [0.3, 0.4) is 0 Å². The van der Waals surface area contributed by atoms with Gasteiger partial charge in [-0.1, -0.05) is 6.42 Å². The average molecular weight is 155 g/mol. The fraction of sp³-hybridized carbons (Fsp3) is 0.750. The molecule has 0 aromatic rings. The quantitative estimate of drug-likeness (QED) is 0.603. The predicted molar refractivity (Wildman–Crippen MR) is 41.1 cm³/mol. The van der Waals surface area contributed by atoms with Crippen molar-refractivity contribution in [3.05, 3.63) is 0 Å². The smallest absolute Gasteiger partial charge is 0.220 e. The van der Waals surface area contributed by atoms with Crippen LogP contribution in [0.15, 0.2) is 0 Å². The Morgan fingerprint density at radius 2 is 2.27 bits per heavy atom. The maximum Gasteiger partial charge on any atom is 0.220 e. The van der Waals surface area contributed by atoms with E-state index in [-0.39, 0.29) is 17.7 Å². The molecule has 0 aromatic heterocycles. The monoisotopic (exact) mass is 155 g/mol. The lowest BCUT2D eigenvalue weighted by molar-refractivity contribution is -0.126. The van der Waals surface area contributed by atoms with Crippen LogP contribution in [-0.2, 0) is 9.59 Å². The summed E-state index contributed by atoms with van der Waals surface area (Å²) in [5.41, 5.74) is 0. The summed E-state index contributed by atoms with van der Waals surface area (Å²) in [7, 11) is 0. The molecule has 0 spiro atoms. The first-order valence-electron chi connectivity index (χ1n) is 4.00. The van der Waals surface area contributed by atoms with E-state index in [0.717, 1.165) is 19.3 Å². The van der Waals surface area contributed by atoms with Crippen LogP contribution in [0.5, 0.6) is 0 Å². The Morgan fingerprint density at radius 1 is 1.55 bits per heavy atom. The van der Waals surface area contributed by atoms with Crippen molar-refractivity contribution in [3.63, 3.8) is 0 Å². The highest BCUT2D eigenvalue weighted by atomic mass is 16.2. The van der Waals surface area contributed by atoms with Gasteiger partial charge in [-0.3, -0.25) is 9.59 Å². The van der Waals surface area contributed by atoms with Crippen LogP contribution in [0.1, 0.15) is 32.6 Å². The molecule has 3 nitrogen and oxygen atoms in total. The highest BCUT2D eigenvalue weighted by Gasteiger charge is 2.19. The number of ketones is 1. The first-order chi connectivity index (χ1) is 5.20. The molecule has 3 heteroatoms. The van der Waals surface area contributed by atoms with E-state index in [9.17, 15) is 9.59 Å². The van der Waals surface area contributed by atoms with Gasteiger partial charge in [0.2, 0.25) is 5.91 Å². The van der Waals surface area contributed by atoms with Crippen LogP contribution in [0, 0.1) is 0 Å². The third-order valence-electron chi connectivity index (χ3n) is 1.97. The number of hydrogen-bond donors (Lipinski definition) is 1. The maximum atomic E-state index is 10.9. The highest BCUT2D eigenvalue weighted by Crippen LogP contribution is 2.09. The molecule has 0 radical (unpaired) electrons. The molecule has 0 aliphatic carbocycles. The van der Waals surface area contributed by atoms with Crippen LogP contribution < -0.4 is 5.32 Å². The topological polar surface area (TPSA) is 46.2 Å². The molecular formula is C8H13NO2. The van der Waals surface area contributed by atoms with Gasteiger partial charge >= 0.3 is 0 Å². The summed E-state index contributed by atoms with van der Waals surface area (Å²) in [5, 5.41) is 2.69. The minimum Gasteiger partial charge on any atom is -0.346 e. The van der Waals surface area contributed by atoms with E-state index in [0.29, 0.717) is 6.42 Å². The van der Waals surface area contributed by atoms with Crippen LogP contribution >= 0.6 is 0 Å². The van der Waals surface area contributed by atoms with E-state index in [1.165, 1.54) is 6.92 Å². The molecular weight excluding hydrogens is 142 g/mol. The third-order valence-corrected chi connectivity index (χ3v) is 1.97. The van der Waals surface area contributed by atoms with Crippen LogP contribution in [0.4, 0.5) is 0 Å². The molecule has 1 saturated heterocycles. The molecule has 1 N–H and O–H groups in total. The van der Waals surface area contributed by atoms with Gasteiger partial charge < -0.3 is 5.32 Å². The second-order valence-corrected chi connectivity index (χ2v) is 2.98. The van der Waals surface area contributed by atoms with Gasteiger partial charge in [-0.25, -0.2) is 0 Å². The number of hydrogen-bond acceptors (Lipinski definition) is 2. The van der Waals surface area contributed by atoms with Crippen LogP contribution in [0.2, 0.25) is 0 Å². The minimum atomic E-state index is -0.218. The summed E-state index contributed by atoms with van der Waals surface area (Å²) < 4.78 is 0. The second kappa shape index (κ2) is 3.51. The van der Waals surface area contributed by atoms with Crippen LogP contribution in [0.25, 0.3) is 0 Å². The largest absolute Gasteiger partial charge is 0.346 e. The zero-order chi connectivity index (χ0) is 8.27. The Morgan fingerprint density at radius 3 is 2.91 bits per heavy atom. The lowest BCUT2D eigenvalue weighted by atomic mass is 10.1.